The summed E-state index contributed by atoms with van der Waals surface area (Å²) in [6, 6.07) is 8.05. The predicted octanol–water partition coefficient (Wildman–Crippen LogP) is 3.32. The Morgan fingerprint density at radius 1 is 1.36 bits per heavy atom. The second kappa shape index (κ2) is 7.56. The van der Waals surface area contributed by atoms with Crippen LogP contribution >= 0.6 is 24.0 Å². The van der Waals surface area contributed by atoms with Crippen LogP contribution in [0.3, 0.4) is 0 Å². The van der Waals surface area contributed by atoms with E-state index in [4.69, 9.17) is 17.3 Å². The molecular weight excluding hydrogens is 318 g/mol. The summed E-state index contributed by atoms with van der Waals surface area (Å²) < 4.78 is 0.492. The van der Waals surface area contributed by atoms with E-state index < -0.39 is 5.97 Å². The minimum Gasteiger partial charge on any atom is -0.481 e. The molecule has 0 bridgehead atoms. The Bertz CT molecular complexity index is 623. The first-order valence-electron chi connectivity index (χ1n) is 7.07. The number of amides is 1. The maximum atomic E-state index is 12.3. The zero-order valence-corrected chi connectivity index (χ0v) is 13.9. The number of carboxylic acids is 1. The summed E-state index contributed by atoms with van der Waals surface area (Å²) in [4.78, 5) is 24.9. The fraction of sp³-hybridized carbons (Fsp3) is 0.312. The topological polar surface area (TPSA) is 57.6 Å². The van der Waals surface area contributed by atoms with E-state index in [9.17, 15) is 9.59 Å². The molecule has 0 saturated carbocycles. The van der Waals surface area contributed by atoms with Gasteiger partial charge in [-0.05, 0) is 30.0 Å². The van der Waals surface area contributed by atoms with Gasteiger partial charge in [0.1, 0.15) is 4.32 Å². The Morgan fingerprint density at radius 3 is 2.64 bits per heavy atom. The monoisotopic (exact) mass is 335 g/mol. The smallest absolute Gasteiger partial charge is 0.303 e. The number of aliphatic carboxylic acids is 1. The van der Waals surface area contributed by atoms with E-state index in [0.29, 0.717) is 22.2 Å². The van der Waals surface area contributed by atoms with Crippen molar-refractivity contribution < 1.29 is 14.7 Å². The molecule has 1 aliphatic rings. The van der Waals surface area contributed by atoms with Crippen LogP contribution in [0, 0.1) is 0 Å². The van der Waals surface area contributed by atoms with E-state index in [1.807, 2.05) is 30.3 Å². The molecular formula is C16H17NO3S2. The van der Waals surface area contributed by atoms with Crippen LogP contribution in [0.15, 0.2) is 29.2 Å². The van der Waals surface area contributed by atoms with Crippen LogP contribution in [0.5, 0.6) is 0 Å². The summed E-state index contributed by atoms with van der Waals surface area (Å²) in [7, 11) is 0. The van der Waals surface area contributed by atoms with Gasteiger partial charge in [-0.3, -0.25) is 14.5 Å². The molecule has 1 N–H and O–H groups in total. The Labute approximate surface area is 139 Å². The first kappa shape index (κ1) is 16.7. The number of aryl methyl sites for hydroxylation is 1. The molecule has 0 spiro atoms. The van der Waals surface area contributed by atoms with Gasteiger partial charge in [-0.1, -0.05) is 55.2 Å². The van der Waals surface area contributed by atoms with Crippen LogP contribution in [-0.2, 0) is 16.0 Å². The summed E-state index contributed by atoms with van der Waals surface area (Å²) in [5.74, 6) is -1.00. The maximum Gasteiger partial charge on any atom is 0.303 e. The molecule has 1 saturated heterocycles. The molecule has 4 nitrogen and oxygen atoms in total. The number of hydrogen-bond acceptors (Lipinski definition) is 4. The predicted molar refractivity (Wildman–Crippen MR) is 92.6 cm³/mol. The lowest BCUT2D eigenvalue weighted by molar-refractivity contribution is -0.137. The number of hydrogen-bond donors (Lipinski definition) is 1. The van der Waals surface area contributed by atoms with Gasteiger partial charge in [0.15, 0.2) is 0 Å². The minimum atomic E-state index is -0.864. The van der Waals surface area contributed by atoms with Gasteiger partial charge in [0.2, 0.25) is 0 Å². The van der Waals surface area contributed by atoms with E-state index in [0.717, 1.165) is 12.0 Å². The van der Waals surface area contributed by atoms with Gasteiger partial charge in [-0.15, -0.1) is 0 Å². The minimum absolute atomic E-state index is 0.0363. The molecule has 1 aromatic carbocycles. The number of carboxylic acid groups (broad SMARTS) is 1. The summed E-state index contributed by atoms with van der Waals surface area (Å²) in [5, 5.41) is 8.66. The van der Waals surface area contributed by atoms with Gasteiger partial charge in [0.25, 0.3) is 5.91 Å². The maximum absolute atomic E-state index is 12.3. The van der Waals surface area contributed by atoms with Crippen LogP contribution in [-0.4, -0.2) is 32.7 Å². The van der Waals surface area contributed by atoms with Crippen molar-refractivity contribution in [3.8, 4) is 0 Å². The first-order valence-corrected chi connectivity index (χ1v) is 8.30. The van der Waals surface area contributed by atoms with E-state index in [1.54, 1.807) is 0 Å². The van der Waals surface area contributed by atoms with Gasteiger partial charge in [0, 0.05) is 13.0 Å². The Balaban J connectivity index is 2.06. The van der Waals surface area contributed by atoms with Crippen molar-refractivity contribution in [2.45, 2.75) is 26.2 Å². The van der Waals surface area contributed by atoms with Crippen molar-refractivity contribution in [1.82, 2.24) is 4.90 Å². The van der Waals surface area contributed by atoms with Crippen LogP contribution < -0.4 is 0 Å². The highest BCUT2D eigenvalue weighted by Crippen LogP contribution is 2.32. The molecule has 1 aromatic rings. The second-order valence-electron chi connectivity index (χ2n) is 4.93. The quantitative estimate of drug-likeness (QED) is 0.638. The molecule has 116 valence electrons. The molecule has 2 rings (SSSR count). The molecule has 0 atom stereocenters. The first-order chi connectivity index (χ1) is 10.5. The largest absolute Gasteiger partial charge is 0.481 e. The zero-order chi connectivity index (χ0) is 16.1. The average molecular weight is 335 g/mol. The van der Waals surface area contributed by atoms with Crippen molar-refractivity contribution in [3.63, 3.8) is 0 Å². The number of carbonyl (C=O) groups is 2. The third kappa shape index (κ3) is 4.18. The number of carbonyl (C=O) groups excluding carboxylic acids is 1. The van der Waals surface area contributed by atoms with Crippen LogP contribution in [0.1, 0.15) is 30.9 Å². The molecule has 1 amide bonds. The van der Waals surface area contributed by atoms with Crippen molar-refractivity contribution in [1.29, 1.82) is 0 Å². The molecule has 0 aliphatic carbocycles. The third-order valence-corrected chi connectivity index (χ3v) is 4.71. The highest BCUT2D eigenvalue weighted by atomic mass is 32.2. The van der Waals surface area contributed by atoms with E-state index in [2.05, 4.69) is 6.92 Å². The van der Waals surface area contributed by atoms with Gasteiger partial charge >= 0.3 is 5.97 Å². The summed E-state index contributed by atoms with van der Waals surface area (Å²) in [6.07, 6.45) is 3.25. The molecule has 0 unspecified atom stereocenters. The second-order valence-corrected chi connectivity index (χ2v) is 6.60. The number of thioether (sulfide) groups is 1. The molecule has 6 heteroatoms. The highest BCUT2D eigenvalue weighted by Gasteiger charge is 2.31. The zero-order valence-electron chi connectivity index (χ0n) is 12.2. The van der Waals surface area contributed by atoms with Crippen LogP contribution in [0.4, 0.5) is 0 Å². The van der Waals surface area contributed by atoms with Crippen LogP contribution in [0.2, 0.25) is 0 Å². The lowest BCUT2D eigenvalue weighted by atomic mass is 10.1. The number of nitrogens with zero attached hydrogens (tertiary/aromatic N) is 1. The van der Waals surface area contributed by atoms with Gasteiger partial charge in [-0.2, -0.15) is 0 Å². The lowest BCUT2D eigenvalue weighted by Gasteiger charge is -2.13. The molecule has 0 aromatic heterocycles. The Morgan fingerprint density at radius 2 is 2.05 bits per heavy atom. The third-order valence-electron chi connectivity index (χ3n) is 3.33. The molecule has 1 heterocycles. The standard InChI is InChI=1S/C16H17NO3S2/c1-2-11-5-7-12(8-6-11)10-13-15(20)17(16(21)22-13)9-3-4-14(18)19/h5-8,10H,2-4,9H2,1H3,(H,18,19)/b13-10-. The lowest BCUT2D eigenvalue weighted by Crippen LogP contribution is -2.29. The molecule has 22 heavy (non-hydrogen) atoms. The van der Waals surface area contributed by atoms with Crippen molar-refractivity contribution in [3.05, 3.63) is 40.3 Å². The van der Waals surface area contributed by atoms with Gasteiger partial charge in [-0.25, -0.2) is 0 Å². The number of rotatable bonds is 6. The van der Waals surface area contributed by atoms with Crippen molar-refractivity contribution in [2.75, 3.05) is 6.54 Å². The van der Waals surface area contributed by atoms with E-state index in [-0.39, 0.29) is 12.3 Å². The fourth-order valence-corrected chi connectivity index (χ4v) is 3.39. The summed E-state index contributed by atoms with van der Waals surface area (Å²) >= 11 is 6.48. The SMILES string of the molecule is CCc1ccc(/C=C2\SC(=S)N(CCCC(=O)O)C2=O)cc1. The van der Waals surface area contributed by atoms with Crippen molar-refractivity contribution >= 4 is 46.3 Å². The fourth-order valence-electron chi connectivity index (χ4n) is 2.08. The summed E-state index contributed by atoms with van der Waals surface area (Å²) in [6.45, 7) is 2.44. The van der Waals surface area contributed by atoms with Gasteiger partial charge in [0.05, 0.1) is 4.91 Å². The Hall–Kier alpha value is -1.66. The van der Waals surface area contributed by atoms with Gasteiger partial charge < -0.3 is 5.11 Å². The Kier molecular flexibility index (Phi) is 5.74. The van der Waals surface area contributed by atoms with Crippen LogP contribution in [0.25, 0.3) is 6.08 Å². The summed E-state index contributed by atoms with van der Waals surface area (Å²) in [5.41, 5.74) is 2.21. The van der Waals surface area contributed by atoms with Crippen molar-refractivity contribution in [2.24, 2.45) is 0 Å². The highest BCUT2D eigenvalue weighted by molar-refractivity contribution is 8.26. The number of thiocarbonyl (C=S) groups is 1. The van der Waals surface area contributed by atoms with E-state index in [1.165, 1.54) is 22.2 Å². The molecule has 1 aliphatic heterocycles. The molecule has 1 fully saturated rings. The molecule has 0 radical (unpaired) electrons. The van der Waals surface area contributed by atoms with E-state index >= 15 is 0 Å². The number of benzene rings is 1. The average Bonchev–Trinajstić information content (AvgIpc) is 2.75. The normalized spacial score (nSPS) is 16.6.